The number of hydrogen-bond acceptors (Lipinski definition) is 2. The average Bonchev–Trinajstić information content (AvgIpc) is 2.83. The van der Waals surface area contributed by atoms with Crippen molar-refractivity contribution in [3.8, 4) is 11.3 Å². The summed E-state index contributed by atoms with van der Waals surface area (Å²) in [5.41, 5.74) is 9.21. The highest BCUT2D eigenvalue weighted by Crippen LogP contribution is 2.36. The number of aryl methyl sites for hydroxylation is 1. The van der Waals surface area contributed by atoms with Crippen molar-refractivity contribution in [1.29, 1.82) is 0 Å². The molecule has 82 valence electrons. The van der Waals surface area contributed by atoms with Gasteiger partial charge in [-0.1, -0.05) is 12.1 Å². The van der Waals surface area contributed by atoms with E-state index in [0.29, 0.717) is 11.3 Å². The Morgan fingerprint density at radius 3 is 3.00 bits per heavy atom. The summed E-state index contributed by atoms with van der Waals surface area (Å²) in [6, 6.07) is 6.63. The Morgan fingerprint density at radius 1 is 1.38 bits per heavy atom. The topological polar surface area (TPSA) is 54.7 Å². The van der Waals surface area contributed by atoms with Crippen molar-refractivity contribution in [3.63, 3.8) is 0 Å². The molecule has 1 unspecified atom stereocenters. The number of rotatable bonds is 1. The summed E-state index contributed by atoms with van der Waals surface area (Å²) in [5.74, 6) is -0.254. The predicted molar refractivity (Wildman–Crippen MR) is 59.2 cm³/mol. The second-order valence-electron chi connectivity index (χ2n) is 4.09. The molecule has 0 aliphatic heterocycles. The van der Waals surface area contributed by atoms with Crippen molar-refractivity contribution in [2.75, 3.05) is 0 Å². The minimum absolute atomic E-state index is 0.0247. The van der Waals surface area contributed by atoms with E-state index in [9.17, 15) is 4.39 Å². The first-order valence-corrected chi connectivity index (χ1v) is 5.35. The van der Waals surface area contributed by atoms with Crippen molar-refractivity contribution in [2.24, 2.45) is 5.73 Å². The lowest BCUT2D eigenvalue weighted by Crippen LogP contribution is -2.06. The molecule has 0 amide bonds. The van der Waals surface area contributed by atoms with Gasteiger partial charge < -0.3 is 5.73 Å². The average molecular weight is 217 g/mol. The monoisotopic (exact) mass is 217 g/mol. The van der Waals surface area contributed by atoms with Crippen LogP contribution in [0.4, 0.5) is 4.39 Å². The highest BCUT2D eigenvalue weighted by atomic mass is 19.1. The van der Waals surface area contributed by atoms with Gasteiger partial charge >= 0.3 is 0 Å². The first-order chi connectivity index (χ1) is 7.77. The van der Waals surface area contributed by atoms with E-state index < -0.39 is 0 Å². The molecule has 0 saturated carbocycles. The van der Waals surface area contributed by atoms with Crippen molar-refractivity contribution in [2.45, 2.75) is 18.9 Å². The van der Waals surface area contributed by atoms with Gasteiger partial charge in [-0.25, -0.2) is 4.39 Å². The van der Waals surface area contributed by atoms with Crippen LogP contribution in [0.1, 0.15) is 23.7 Å². The summed E-state index contributed by atoms with van der Waals surface area (Å²) in [4.78, 5) is 0. The minimum atomic E-state index is -0.254. The molecular weight excluding hydrogens is 205 g/mol. The van der Waals surface area contributed by atoms with Gasteiger partial charge in [0.05, 0.1) is 0 Å². The van der Waals surface area contributed by atoms with Crippen LogP contribution in [0.2, 0.25) is 0 Å². The van der Waals surface area contributed by atoms with E-state index in [1.54, 1.807) is 18.2 Å². The third-order valence-corrected chi connectivity index (χ3v) is 3.09. The van der Waals surface area contributed by atoms with Gasteiger partial charge in [0, 0.05) is 22.9 Å². The molecule has 1 atom stereocenters. The van der Waals surface area contributed by atoms with Crippen molar-refractivity contribution < 1.29 is 4.39 Å². The maximum Gasteiger partial charge on any atom is 0.132 e. The molecule has 16 heavy (non-hydrogen) atoms. The molecule has 0 spiro atoms. The van der Waals surface area contributed by atoms with E-state index in [1.165, 1.54) is 6.07 Å². The summed E-state index contributed by atoms with van der Waals surface area (Å²) in [7, 11) is 0. The molecule has 2 aromatic rings. The van der Waals surface area contributed by atoms with Gasteiger partial charge in [-0.05, 0) is 25.0 Å². The number of H-pyrrole nitrogens is 1. The number of aromatic amines is 1. The Bertz CT molecular complexity index is 533. The Kier molecular flexibility index (Phi) is 2.04. The van der Waals surface area contributed by atoms with Crippen molar-refractivity contribution in [3.05, 3.63) is 41.3 Å². The standard InChI is InChI=1S/C12H12FN3/c13-8-4-2-1-3-7(8)12-11-9(14)5-6-10(11)15-16-12/h1-4,9H,5-6,14H2,(H,15,16). The summed E-state index contributed by atoms with van der Waals surface area (Å²) < 4.78 is 13.7. The zero-order valence-corrected chi connectivity index (χ0v) is 8.70. The fraction of sp³-hybridized carbons (Fsp3) is 0.250. The van der Waals surface area contributed by atoms with Crippen LogP contribution in [0.25, 0.3) is 11.3 Å². The third-order valence-electron chi connectivity index (χ3n) is 3.09. The SMILES string of the molecule is NC1CCc2[nH]nc(-c3ccccc3F)c21. The van der Waals surface area contributed by atoms with E-state index in [2.05, 4.69) is 10.2 Å². The molecule has 1 heterocycles. The normalized spacial score (nSPS) is 18.8. The van der Waals surface area contributed by atoms with Gasteiger partial charge in [0.1, 0.15) is 11.5 Å². The fourth-order valence-electron chi connectivity index (χ4n) is 2.28. The first kappa shape index (κ1) is 9.54. The molecule has 3 nitrogen and oxygen atoms in total. The zero-order chi connectivity index (χ0) is 11.1. The first-order valence-electron chi connectivity index (χ1n) is 5.35. The van der Waals surface area contributed by atoms with E-state index in [1.807, 2.05) is 0 Å². The molecule has 4 heteroatoms. The molecule has 1 aliphatic carbocycles. The lowest BCUT2D eigenvalue weighted by Gasteiger charge is -2.06. The smallest absolute Gasteiger partial charge is 0.132 e. The second-order valence-corrected chi connectivity index (χ2v) is 4.09. The molecule has 3 N–H and O–H groups in total. The van der Waals surface area contributed by atoms with Gasteiger partial charge in [0.15, 0.2) is 0 Å². The highest BCUT2D eigenvalue weighted by Gasteiger charge is 2.27. The number of halogens is 1. The summed E-state index contributed by atoms with van der Waals surface area (Å²) in [6.45, 7) is 0. The van der Waals surface area contributed by atoms with Gasteiger partial charge in [-0.15, -0.1) is 0 Å². The van der Waals surface area contributed by atoms with Crippen LogP contribution in [-0.4, -0.2) is 10.2 Å². The molecular formula is C12H12FN3. The zero-order valence-electron chi connectivity index (χ0n) is 8.70. The van der Waals surface area contributed by atoms with Crippen LogP contribution >= 0.6 is 0 Å². The van der Waals surface area contributed by atoms with Crippen LogP contribution in [0.15, 0.2) is 24.3 Å². The van der Waals surface area contributed by atoms with E-state index in [-0.39, 0.29) is 11.9 Å². The van der Waals surface area contributed by atoms with Gasteiger partial charge in [0.2, 0.25) is 0 Å². The third kappa shape index (κ3) is 1.27. The summed E-state index contributed by atoms with van der Waals surface area (Å²) in [6.07, 6.45) is 1.81. The maximum absolute atomic E-state index is 13.7. The van der Waals surface area contributed by atoms with E-state index in [0.717, 1.165) is 24.1 Å². The number of fused-ring (bicyclic) bond motifs is 1. The number of nitrogens with zero attached hydrogens (tertiary/aromatic N) is 1. The molecule has 0 radical (unpaired) electrons. The maximum atomic E-state index is 13.7. The van der Waals surface area contributed by atoms with E-state index in [4.69, 9.17) is 5.73 Å². The van der Waals surface area contributed by atoms with Crippen molar-refractivity contribution in [1.82, 2.24) is 10.2 Å². The van der Waals surface area contributed by atoms with Crippen LogP contribution < -0.4 is 5.73 Å². The molecule has 0 bridgehead atoms. The van der Waals surface area contributed by atoms with Crippen LogP contribution in [0, 0.1) is 5.82 Å². The lowest BCUT2D eigenvalue weighted by molar-refractivity contribution is 0.629. The van der Waals surface area contributed by atoms with Crippen LogP contribution in [0.5, 0.6) is 0 Å². The Labute approximate surface area is 92.5 Å². The number of hydrogen-bond donors (Lipinski definition) is 2. The molecule has 0 saturated heterocycles. The Hall–Kier alpha value is -1.68. The number of nitrogens with two attached hydrogens (primary N) is 1. The summed E-state index contributed by atoms with van der Waals surface area (Å²) in [5, 5.41) is 7.12. The van der Waals surface area contributed by atoms with Crippen LogP contribution in [-0.2, 0) is 6.42 Å². The quantitative estimate of drug-likeness (QED) is 0.769. The van der Waals surface area contributed by atoms with Crippen molar-refractivity contribution >= 4 is 0 Å². The van der Waals surface area contributed by atoms with Gasteiger partial charge in [-0.3, -0.25) is 5.10 Å². The molecule has 0 fully saturated rings. The molecule has 1 aromatic heterocycles. The fourth-order valence-corrected chi connectivity index (χ4v) is 2.28. The largest absolute Gasteiger partial charge is 0.324 e. The summed E-state index contributed by atoms with van der Waals surface area (Å²) >= 11 is 0. The van der Waals surface area contributed by atoms with Gasteiger partial charge in [-0.2, -0.15) is 5.10 Å². The number of aromatic nitrogens is 2. The highest BCUT2D eigenvalue weighted by molar-refractivity contribution is 5.66. The predicted octanol–water partition coefficient (Wildman–Crippen LogP) is 2.16. The van der Waals surface area contributed by atoms with Gasteiger partial charge in [0.25, 0.3) is 0 Å². The number of benzene rings is 1. The lowest BCUT2D eigenvalue weighted by atomic mass is 10.0. The Morgan fingerprint density at radius 2 is 2.19 bits per heavy atom. The minimum Gasteiger partial charge on any atom is -0.324 e. The second kappa shape index (κ2) is 3.42. The van der Waals surface area contributed by atoms with Crippen LogP contribution in [0.3, 0.4) is 0 Å². The van der Waals surface area contributed by atoms with E-state index >= 15 is 0 Å². The molecule has 3 rings (SSSR count). The molecule has 1 aromatic carbocycles. The Balaban J connectivity index is 2.19. The molecule has 1 aliphatic rings. The number of nitrogens with one attached hydrogen (secondary N) is 1.